The van der Waals surface area contributed by atoms with Gasteiger partial charge in [-0.1, -0.05) is 0 Å². The Bertz CT molecular complexity index is 414. The zero-order valence-corrected chi connectivity index (χ0v) is 10.3. The minimum absolute atomic E-state index is 0.0936. The molecule has 1 atom stereocenters. The molecule has 0 aliphatic carbocycles. The van der Waals surface area contributed by atoms with Crippen LogP contribution in [0.2, 0.25) is 0 Å². The standard InChI is InChI=1S/C11H18N4O3/c1-8(12)3-2-4-10(16)14-9-5-13-15(6-9)7-11(17)18/h5-6,8H,2-4,7,12H2,1H3,(H,14,16)(H,17,18). The molecule has 100 valence electrons. The molecular weight excluding hydrogens is 236 g/mol. The van der Waals surface area contributed by atoms with Crippen molar-refractivity contribution in [2.24, 2.45) is 5.73 Å². The maximum absolute atomic E-state index is 11.5. The van der Waals surface area contributed by atoms with Gasteiger partial charge in [-0.2, -0.15) is 5.10 Å². The summed E-state index contributed by atoms with van der Waals surface area (Å²) in [5.41, 5.74) is 6.08. The SMILES string of the molecule is CC(N)CCCC(=O)Nc1cnn(CC(=O)O)c1. The topological polar surface area (TPSA) is 110 Å². The summed E-state index contributed by atoms with van der Waals surface area (Å²) in [5.74, 6) is -1.10. The third-order valence-corrected chi connectivity index (χ3v) is 2.28. The Balaban J connectivity index is 2.35. The van der Waals surface area contributed by atoms with Crippen LogP contribution >= 0.6 is 0 Å². The van der Waals surface area contributed by atoms with Crippen LogP contribution in [0.25, 0.3) is 0 Å². The Morgan fingerprint density at radius 2 is 2.33 bits per heavy atom. The van der Waals surface area contributed by atoms with Gasteiger partial charge in [-0.05, 0) is 19.8 Å². The lowest BCUT2D eigenvalue weighted by Crippen LogP contribution is -2.16. The molecule has 0 fully saturated rings. The van der Waals surface area contributed by atoms with Crippen LogP contribution in [-0.2, 0) is 16.1 Å². The second-order valence-electron chi connectivity index (χ2n) is 4.24. The third-order valence-electron chi connectivity index (χ3n) is 2.28. The van der Waals surface area contributed by atoms with Crippen molar-refractivity contribution >= 4 is 17.6 Å². The number of carboxylic acids is 1. The number of aromatic nitrogens is 2. The van der Waals surface area contributed by atoms with Gasteiger partial charge in [0.05, 0.1) is 11.9 Å². The molecule has 1 heterocycles. The number of rotatable bonds is 7. The van der Waals surface area contributed by atoms with Crippen LogP contribution in [0, 0.1) is 0 Å². The Hall–Kier alpha value is -1.89. The summed E-state index contributed by atoms with van der Waals surface area (Å²) in [6, 6.07) is 0.0936. The third kappa shape index (κ3) is 5.44. The maximum atomic E-state index is 11.5. The van der Waals surface area contributed by atoms with E-state index < -0.39 is 5.97 Å². The Labute approximate surface area is 105 Å². The van der Waals surface area contributed by atoms with Crippen LogP contribution in [-0.4, -0.2) is 32.8 Å². The molecule has 1 aromatic rings. The first-order valence-corrected chi connectivity index (χ1v) is 5.77. The van der Waals surface area contributed by atoms with E-state index in [9.17, 15) is 9.59 Å². The number of carbonyl (C=O) groups is 2. The van der Waals surface area contributed by atoms with Crippen molar-refractivity contribution in [1.82, 2.24) is 9.78 Å². The normalized spacial score (nSPS) is 12.1. The van der Waals surface area contributed by atoms with Crippen LogP contribution in [0.4, 0.5) is 5.69 Å². The van der Waals surface area contributed by atoms with Crippen LogP contribution in [0.1, 0.15) is 26.2 Å². The minimum atomic E-state index is -0.979. The fourth-order valence-corrected chi connectivity index (χ4v) is 1.46. The van der Waals surface area contributed by atoms with Crippen LogP contribution in [0.3, 0.4) is 0 Å². The molecule has 0 aliphatic rings. The van der Waals surface area contributed by atoms with Gasteiger partial charge in [0.25, 0.3) is 0 Å². The van der Waals surface area contributed by atoms with Gasteiger partial charge in [0.15, 0.2) is 0 Å². The fraction of sp³-hybridized carbons (Fsp3) is 0.545. The summed E-state index contributed by atoms with van der Waals surface area (Å²) in [6.45, 7) is 1.67. The highest BCUT2D eigenvalue weighted by molar-refractivity contribution is 5.90. The van der Waals surface area contributed by atoms with E-state index in [4.69, 9.17) is 10.8 Å². The van der Waals surface area contributed by atoms with E-state index in [-0.39, 0.29) is 18.5 Å². The number of aliphatic carboxylic acids is 1. The van der Waals surface area contributed by atoms with Crippen molar-refractivity contribution in [2.45, 2.75) is 38.8 Å². The average molecular weight is 254 g/mol. The molecule has 7 nitrogen and oxygen atoms in total. The van der Waals surface area contributed by atoms with Gasteiger partial charge < -0.3 is 16.2 Å². The molecule has 1 unspecified atom stereocenters. The molecule has 18 heavy (non-hydrogen) atoms. The first-order chi connectivity index (χ1) is 8.47. The average Bonchev–Trinajstić information content (AvgIpc) is 2.63. The lowest BCUT2D eigenvalue weighted by molar-refractivity contribution is -0.137. The number of amides is 1. The van der Waals surface area contributed by atoms with E-state index in [1.54, 1.807) is 0 Å². The zero-order chi connectivity index (χ0) is 13.5. The highest BCUT2D eigenvalue weighted by Crippen LogP contribution is 2.07. The summed E-state index contributed by atoms with van der Waals surface area (Å²) in [7, 11) is 0. The van der Waals surface area contributed by atoms with E-state index >= 15 is 0 Å². The minimum Gasteiger partial charge on any atom is -0.480 e. The molecule has 4 N–H and O–H groups in total. The summed E-state index contributed by atoms with van der Waals surface area (Å²) < 4.78 is 1.25. The van der Waals surface area contributed by atoms with Gasteiger partial charge in [0.1, 0.15) is 6.54 Å². The van der Waals surface area contributed by atoms with E-state index in [1.165, 1.54) is 17.1 Å². The number of nitrogens with zero attached hydrogens (tertiary/aromatic N) is 2. The molecule has 0 saturated carbocycles. The van der Waals surface area contributed by atoms with Crippen molar-refractivity contribution in [2.75, 3.05) is 5.32 Å². The van der Waals surface area contributed by atoms with E-state index in [0.29, 0.717) is 12.1 Å². The molecule has 0 bridgehead atoms. The first-order valence-electron chi connectivity index (χ1n) is 5.77. The smallest absolute Gasteiger partial charge is 0.325 e. The lowest BCUT2D eigenvalue weighted by Gasteiger charge is -2.04. The summed E-state index contributed by atoms with van der Waals surface area (Å²) in [6.07, 6.45) is 4.83. The molecule has 1 aromatic heterocycles. The number of hydrogen-bond acceptors (Lipinski definition) is 4. The predicted molar refractivity (Wildman–Crippen MR) is 66.0 cm³/mol. The molecule has 0 aliphatic heterocycles. The van der Waals surface area contributed by atoms with Crippen molar-refractivity contribution < 1.29 is 14.7 Å². The summed E-state index contributed by atoms with van der Waals surface area (Å²) in [5, 5.41) is 15.0. The van der Waals surface area contributed by atoms with Crippen LogP contribution in [0.15, 0.2) is 12.4 Å². The van der Waals surface area contributed by atoms with Crippen molar-refractivity contribution in [3.05, 3.63) is 12.4 Å². The largest absolute Gasteiger partial charge is 0.480 e. The van der Waals surface area contributed by atoms with Crippen molar-refractivity contribution in [3.8, 4) is 0 Å². The van der Waals surface area contributed by atoms with Gasteiger partial charge in [-0.3, -0.25) is 14.3 Å². The highest BCUT2D eigenvalue weighted by Gasteiger charge is 2.06. The van der Waals surface area contributed by atoms with Gasteiger partial charge >= 0.3 is 5.97 Å². The summed E-state index contributed by atoms with van der Waals surface area (Å²) in [4.78, 5) is 22.0. The predicted octanol–water partition coefficient (Wildman–Crippen LogP) is 0.424. The summed E-state index contributed by atoms with van der Waals surface area (Å²) >= 11 is 0. The lowest BCUT2D eigenvalue weighted by atomic mass is 10.1. The number of carbonyl (C=O) groups excluding carboxylic acids is 1. The first kappa shape index (κ1) is 14.2. The molecule has 0 saturated heterocycles. The van der Waals surface area contributed by atoms with Crippen molar-refractivity contribution in [3.63, 3.8) is 0 Å². The fourth-order valence-electron chi connectivity index (χ4n) is 1.46. The molecule has 1 rings (SSSR count). The van der Waals surface area contributed by atoms with Crippen molar-refractivity contribution in [1.29, 1.82) is 0 Å². The van der Waals surface area contributed by atoms with E-state index in [2.05, 4.69) is 10.4 Å². The molecular formula is C11H18N4O3. The monoisotopic (exact) mass is 254 g/mol. The van der Waals surface area contributed by atoms with E-state index in [1.807, 2.05) is 6.92 Å². The molecule has 7 heteroatoms. The Morgan fingerprint density at radius 3 is 2.94 bits per heavy atom. The molecule has 0 radical (unpaired) electrons. The number of nitrogens with one attached hydrogen (secondary N) is 1. The van der Waals surface area contributed by atoms with Crippen LogP contribution in [0.5, 0.6) is 0 Å². The quantitative estimate of drug-likeness (QED) is 0.653. The number of hydrogen-bond donors (Lipinski definition) is 3. The zero-order valence-electron chi connectivity index (χ0n) is 10.3. The number of carboxylic acid groups (broad SMARTS) is 1. The maximum Gasteiger partial charge on any atom is 0.325 e. The van der Waals surface area contributed by atoms with Crippen LogP contribution < -0.4 is 11.1 Å². The second kappa shape index (κ2) is 6.75. The molecule has 0 aromatic carbocycles. The number of nitrogens with two attached hydrogens (primary N) is 1. The Morgan fingerprint density at radius 1 is 1.61 bits per heavy atom. The van der Waals surface area contributed by atoms with Gasteiger partial charge in [-0.15, -0.1) is 0 Å². The van der Waals surface area contributed by atoms with E-state index in [0.717, 1.165) is 12.8 Å². The molecule has 0 spiro atoms. The number of anilines is 1. The molecule has 1 amide bonds. The van der Waals surface area contributed by atoms with Gasteiger partial charge in [0, 0.05) is 18.7 Å². The Kier molecular flexibility index (Phi) is 5.31. The van der Waals surface area contributed by atoms with Gasteiger partial charge in [0.2, 0.25) is 5.91 Å². The van der Waals surface area contributed by atoms with Gasteiger partial charge in [-0.25, -0.2) is 0 Å². The highest BCUT2D eigenvalue weighted by atomic mass is 16.4. The second-order valence-corrected chi connectivity index (χ2v) is 4.24.